The molecule has 2 amide bonds. The predicted octanol–water partition coefficient (Wildman–Crippen LogP) is 5.27. The maximum atomic E-state index is 15.0. The van der Waals surface area contributed by atoms with E-state index in [0.29, 0.717) is 12.6 Å². The number of imidazole rings is 1. The van der Waals surface area contributed by atoms with Gasteiger partial charge in [0.25, 0.3) is 11.8 Å². The van der Waals surface area contributed by atoms with Crippen molar-refractivity contribution in [2.24, 2.45) is 0 Å². The highest BCUT2D eigenvalue weighted by Gasteiger charge is 2.44. The molecular weight excluding hydrogens is 515 g/mol. The van der Waals surface area contributed by atoms with Crippen LogP contribution in [-0.2, 0) is 0 Å². The Morgan fingerprint density at radius 3 is 2.42 bits per heavy atom. The summed E-state index contributed by atoms with van der Waals surface area (Å²) in [5, 5.41) is 2.24. The highest BCUT2D eigenvalue weighted by atomic mass is 19.4. The van der Waals surface area contributed by atoms with Crippen LogP contribution < -0.4 is 14.8 Å². The van der Waals surface area contributed by atoms with E-state index in [9.17, 15) is 18.0 Å². The van der Waals surface area contributed by atoms with Gasteiger partial charge in [-0.1, -0.05) is 6.92 Å². The van der Waals surface area contributed by atoms with Crippen molar-refractivity contribution in [3.05, 3.63) is 36.5 Å². The summed E-state index contributed by atoms with van der Waals surface area (Å²) in [4.78, 5) is 26.5. The van der Waals surface area contributed by atoms with Crippen LogP contribution in [0.4, 0.5) is 26.7 Å². The number of rotatable bonds is 10. The predicted molar refractivity (Wildman–Crippen MR) is 128 cm³/mol. The molecule has 0 bridgehead atoms. The summed E-state index contributed by atoms with van der Waals surface area (Å²) in [5.41, 5.74) is 0.789. The molecule has 1 unspecified atom stereocenters. The van der Waals surface area contributed by atoms with Gasteiger partial charge in [0.05, 0.1) is 38.2 Å². The Morgan fingerprint density at radius 2 is 1.87 bits per heavy atom. The number of hydrogen-bond acceptors (Lipinski definition) is 6. The fourth-order valence-electron chi connectivity index (χ4n) is 4.11. The zero-order valence-electron chi connectivity index (χ0n) is 21.5. The van der Waals surface area contributed by atoms with E-state index in [1.807, 2.05) is 0 Å². The fourth-order valence-corrected chi connectivity index (χ4v) is 4.11. The summed E-state index contributed by atoms with van der Waals surface area (Å²) < 4.78 is 81.2. The summed E-state index contributed by atoms with van der Waals surface area (Å²) in [5.74, 6) is -3.13. The highest BCUT2D eigenvalue weighted by Crippen LogP contribution is 2.39. The van der Waals surface area contributed by atoms with E-state index in [0.717, 1.165) is 4.90 Å². The Bertz CT molecular complexity index is 1260. The molecule has 0 aliphatic heterocycles. The smallest absolute Gasteiger partial charge is 0.391 e. The number of nitrogens with one attached hydrogen (secondary N) is 1. The largest absolute Gasteiger partial charge is 0.494 e. The number of amides is 2. The number of fused-ring (bicyclic) bond motifs is 1. The molecule has 3 aromatic heterocycles. The number of halogens is 5. The molecule has 38 heavy (non-hydrogen) atoms. The average molecular weight is 545 g/mol. The first kappa shape index (κ1) is 28.9. The Kier molecular flexibility index (Phi) is 8.62. The van der Waals surface area contributed by atoms with Crippen molar-refractivity contribution in [2.75, 3.05) is 20.8 Å². The van der Waals surface area contributed by atoms with Gasteiger partial charge in [0.1, 0.15) is 11.8 Å². The van der Waals surface area contributed by atoms with Crippen LogP contribution in [0.15, 0.2) is 30.9 Å². The number of alkyl halides is 5. The lowest BCUT2D eigenvalue weighted by molar-refractivity contribution is -0.139. The SMILES string of the molecule is CC[C@H](CC(F)(F)F)NC(=O)N(CC)C(c1cc(-c2cn3ccnc3c(OC)n2)c(OC)cn1)C(C)(F)F. The van der Waals surface area contributed by atoms with E-state index in [2.05, 4.69) is 20.3 Å². The fraction of sp³-hybridized carbons (Fsp3) is 0.500. The van der Waals surface area contributed by atoms with Crippen molar-refractivity contribution < 1.29 is 36.2 Å². The molecule has 0 fully saturated rings. The first-order valence-corrected chi connectivity index (χ1v) is 11.8. The second-order valence-corrected chi connectivity index (χ2v) is 8.62. The van der Waals surface area contributed by atoms with Crippen LogP contribution in [-0.4, -0.2) is 69.2 Å². The van der Waals surface area contributed by atoms with Crippen molar-refractivity contribution in [1.82, 2.24) is 29.6 Å². The molecule has 0 aromatic carbocycles. The third-order valence-corrected chi connectivity index (χ3v) is 5.89. The highest BCUT2D eigenvalue weighted by molar-refractivity contribution is 5.75. The van der Waals surface area contributed by atoms with Crippen molar-refractivity contribution >= 4 is 11.7 Å². The molecule has 3 aromatic rings. The van der Waals surface area contributed by atoms with Crippen molar-refractivity contribution in [3.63, 3.8) is 0 Å². The molecule has 2 atom stereocenters. The normalized spacial score (nSPS) is 13.7. The van der Waals surface area contributed by atoms with Crippen LogP contribution in [0.25, 0.3) is 16.9 Å². The summed E-state index contributed by atoms with van der Waals surface area (Å²) in [6.07, 6.45) is 0.149. The van der Waals surface area contributed by atoms with Gasteiger partial charge in [0.2, 0.25) is 0 Å². The van der Waals surface area contributed by atoms with Gasteiger partial charge in [-0.25, -0.2) is 23.5 Å². The minimum absolute atomic E-state index is 0.0366. The monoisotopic (exact) mass is 544 g/mol. The maximum Gasteiger partial charge on any atom is 0.391 e. The number of ether oxygens (including phenoxy) is 2. The van der Waals surface area contributed by atoms with E-state index < -0.39 is 36.6 Å². The molecule has 0 saturated heterocycles. The van der Waals surface area contributed by atoms with Gasteiger partial charge in [-0.05, 0) is 19.4 Å². The average Bonchev–Trinajstić information content (AvgIpc) is 3.33. The molecule has 14 heteroatoms. The molecule has 0 radical (unpaired) electrons. The summed E-state index contributed by atoms with van der Waals surface area (Å²) >= 11 is 0. The molecule has 0 aliphatic carbocycles. The zero-order chi connectivity index (χ0) is 28.3. The Balaban J connectivity index is 2.08. The van der Waals surface area contributed by atoms with Crippen LogP contribution in [0.2, 0.25) is 0 Å². The Morgan fingerprint density at radius 1 is 1.16 bits per heavy atom. The third kappa shape index (κ3) is 6.40. The standard InChI is InChI=1S/C24H29F5N6O3/c1-6-14(11-24(27,28)29)32-22(36)35(7-2)19(23(3,25)26)16-10-15(18(37-4)12-31-16)17-13-34-9-8-30-20(34)21(33-17)38-5/h8-10,12-14,19H,6-7,11H2,1-5H3,(H,32,36)/t14-,19?/m1/s1. The number of nitrogens with zero attached hydrogens (tertiary/aromatic N) is 5. The number of carbonyl (C=O) groups is 1. The van der Waals surface area contributed by atoms with Gasteiger partial charge in [0.15, 0.2) is 5.65 Å². The second-order valence-electron chi connectivity index (χ2n) is 8.62. The van der Waals surface area contributed by atoms with Crippen LogP contribution in [0.1, 0.15) is 45.3 Å². The number of hydrogen-bond donors (Lipinski definition) is 1. The summed E-state index contributed by atoms with van der Waals surface area (Å²) in [6.45, 7) is 3.31. The van der Waals surface area contributed by atoms with Gasteiger partial charge in [0, 0.05) is 43.7 Å². The summed E-state index contributed by atoms with van der Waals surface area (Å²) in [6, 6.07) is -2.93. The van der Waals surface area contributed by atoms with Crippen molar-refractivity contribution in [3.8, 4) is 22.9 Å². The molecule has 208 valence electrons. The number of pyridine rings is 1. The van der Waals surface area contributed by atoms with Crippen LogP contribution in [0, 0.1) is 0 Å². The molecule has 3 heterocycles. The molecule has 0 saturated carbocycles. The van der Waals surface area contributed by atoms with Gasteiger partial charge < -0.3 is 24.1 Å². The molecular formula is C24H29F5N6O3. The first-order chi connectivity index (χ1) is 17.8. The van der Waals surface area contributed by atoms with Gasteiger partial charge in [-0.3, -0.25) is 4.98 Å². The van der Waals surface area contributed by atoms with E-state index >= 15 is 8.78 Å². The minimum Gasteiger partial charge on any atom is -0.494 e. The molecule has 9 nitrogen and oxygen atoms in total. The number of methoxy groups -OCH3 is 2. The topological polar surface area (TPSA) is 93.9 Å². The number of urea groups is 1. The molecule has 0 spiro atoms. The Labute approximate surface area is 216 Å². The van der Waals surface area contributed by atoms with Crippen LogP contribution in [0.5, 0.6) is 11.6 Å². The van der Waals surface area contributed by atoms with E-state index in [4.69, 9.17) is 9.47 Å². The van der Waals surface area contributed by atoms with E-state index in [-0.39, 0.29) is 41.5 Å². The lowest BCUT2D eigenvalue weighted by Crippen LogP contribution is -2.50. The summed E-state index contributed by atoms with van der Waals surface area (Å²) in [7, 11) is 2.78. The van der Waals surface area contributed by atoms with Crippen LogP contribution >= 0.6 is 0 Å². The van der Waals surface area contributed by atoms with Gasteiger partial charge >= 0.3 is 12.2 Å². The minimum atomic E-state index is -4.53. The number of aromatic nitrogens is 4. The van der Waals surface area contributed by atoms with Crippen molar-refractivity contribution in [2.45, 2.75) is 57.8 Å². The lowest BCUT2D eigenvalue weighted by Gasteiger charge is -2.35. The molecule has 3 rings (SSSR count). The van der Waals surface area contributed by atoms with Crippen molar-refractivity contribution in [1.29, 1.82) is 0 Å². The quantitative estimate of drug-likeness (QED) is 0.350. The van der Waals surface area contributed by atoms with Gasteiger partial charge in [-0.2, -0.15) is 13.2 Å². The van der Waals surface area contributed by atoms with Crippen LogP contribution in [0.3, 0.4) is 0 Å². The number of carbonyl (C=O) groups excluding carboxylic acids is 1. The molecule has 0 aliphatic rings. The zero-order valence-corrected chi connectivity index (χ0v) is 21.5. The molecule has 1 N–H and O–H groups in total. The first-order valence-electron chi connectivity index (χ1n) is 11.8. The maximum absolute atomic E-state index is 15.0. The third-order valence-electron chi connectivity index (χ3n) is 5.89. The van der Waals surface area contributed by atoms with Gasteiger partial charge in [-0.15, -0.1) is 0 Å². The lowest BCUT2D eigenvalue weighted by atomic mass is 10.0. The van der Waals surface area contributed by atoms with E-state index in [1.165, 1.54) is 46.5 Å². The second kappa shape index (κ2) is 11.4. The van der Waals surface area contributed by atoms with E-state index in [1.54, 1.807) is 16.8 Å². The Hall–Kier alpha value is -3.71.